The van der Waals surface area contributed by atoms with Crippen LogP contribution in [0.2, 0.25) is 10.0 Å². The molecule has 10 nitrogen and oxygen atoms in total. The van der Waals surface area contributed by atoms with Crippen LogP contribution in [0.5, 0.6) is 0 Å². The first-order valence-corrected chi connectivity index (χ1v) is 18.7. The van der Waals surface area contributed by atoms with Gasteiger partial charge in [0.25, 0.3) is 5.91 Å². The highest BCUT2D eigenvalue weighted by atomic mass is 35.5. The Morgan fingerprint density at radius 1 is 0.880 bits per heavy atom. The van der Waals surface area contributed by atoms with Crippen LogP contribution in [0.15, 0.2) is 47.1 Å². The third-order valence-electron chi connectivity index (χ3n) is 10.3. The number of ketones is 1. The summed E-state index contributed by atoms with van der Waals surface area (Å²) in [6, 6.07) is 10.5. The van der Waals surface area contributed by atoms with Gasteiger partial charge in [0.15, 0.2) is 5.78 Å². The molecule has 3 heterocycles. The minimum atomic E-state index is -1.31. The van der Waals surface area contributed by atoms with Crippen molar-refractivity contribution in [1.29, 1.82) is 0 Å². The van der Waals surface area contributed by atoms with Crippen LogP contribution in [-0.2, 0) is 30.2 Å². The average Bonchev–Trinajstić information content (AvgIpc) is 3.82. The van der Waals surface area contributed by atoms with Crippen LogP contribution in [0.1, 0.15) is 81.1 Å². The number of furan rings is 1. The molecule has 2 aromatic carbocycles. The number of rotatable bonds is 13. The van der Waals surface area contributed by atoms with Crippen LogP contribution < -0.4 is 5.32 Å². The molecule has 6 rings (SSSR count). The number of esters is 1. The van der Waals surface area contributed by atoms with E-state index in [-0.39, 0.29) is 47.2 Å². The molecule has 50 heavy (non-hydrogen) atoms. The van der Waals surface area contributed by atoms with Crippen molar-refractivity contribution < 1.29 is 33.0 Å². The van der Waals surface area contributed by atoms with E-state index in [1.165, 1.54) is 6.26 Å². The molecule has 2 saturated heterocycles. The smallest absolute Gasteiger partial charge is 0.308 e. The van der Waals surface area contributed by atoms with E-state index >= 15 is 0 Å². The normalized spacial score (nSPS) is 22.0. The Morgan fingerprint density at radius 3 is 2.28 bits per heavy atom. The Kier molecular flexibility index (Phi) is 12.2. The van der Waals surface area contributed by atoms with E-state index in [0.717, 1.165) is 38.8 Å². The summed E-state index contributed by atoms with van der Waals surface area (Å²) in [5, 5.41) is 4.12. The summed E-state index contributed by atoms with van der Waals surface area (Å²) < 4.78 is 23.9. The van der Waals surface area contributed by atoms with Crippen molar-refractivity contribution in [1.82, 2.24) is 9.80 Å². The predicted molar refractivity (Wildman–Crippen MR) is 193 cm³/mol. The third-order valence-corrected chi connectivity index (χ3v) is 10.9. The quantitative estimate of drug-likeness (QED) is 0.179. The van der Waals surface area contributed by atoms with Gasteiger partial charge in [-0.25, -0.2) is 0 Å². The molecule has 2 aliphatic heterocycles. The molecular weight excluding hydrogens is 681 g/mol. The maximum atomic E-state index is 15.0. The van der Waals surface area contributed by atoms with E-state index in [9.17, 15) is 14.4 Å². The molecule has 0 radical (unpaired) electrons. The van der Waals surface area contributed by atoms with E-state index in [0.29, 0.717) is 84.8 Å². The lowest BCUT2D eigenvalue weighted by atomic mass is 9.87. The summed E-state index contributed by atoms with van der Waals surface area (Å²) in [6.07, 6.45) is 7.50. The molecule has 1 amide bonds. The molecule has 12 heteroatoms. The summed E-state index contributed by atoms with van der Waals surface area (Å²) >= 11 is 13.6. The average molecular weight is 729 g/mol. The molecule has 1 aromatic heterocycles. The van der Waals surface area contributed by atoms with Gasteiger partial charge < -0.3 is 23.9 Å². The summed E-state index contributed by atoms with van der Waals surface area (Å²) in [5.41, 5.74) is 1.87. The Bertz CT molecular complexity index is 1660. The maximum Gasteiger partial charge on any atom is 0.308 e. The minimum Gasteiger partial charge on any atom is -0.466 e. The standard InChI is InChI=1S/C38H47Cl2N3O7/c1-3-47-27-15-19-43(20-16-27)38(42-17-7-8-18-42,50-28-13-11-25(12-14-28)37(46)48-4-2)35(44)22-26-21-32(40)33(23-31(26)39)41-36(45)30-24-49-34-10-6-5-9-29(30)34/h5-6,9-10,21,23-25,27-28H,3-4,7-8,11-20,22H2,1-2H3,(H,41,45)/t25-,28-,38?. The number of nitrogens with zero attached hydrogens (tertiary/aromatic N) is 2. The van der Waals surface area contributed by atoms with Gasteiger partial charge in [0, 0.05) is 49.6 Å². The maximum absolute atomic E-state index is 15.0. The van der Waals surface area contributed by atoms with E-state index in [1.807, 2.05) is 32.0 Å². The van der Waals surface area contributed by atoms with Crippen molar-refractivity contribution in [3.63, 3.8) is 0 Å². The number of nitrogens with one attached hydrogen (secondary N) is 1. The van der Waals surface area contributed by atoms with Crippen molar-refractivity contribution in [2.75, 3.05) is 44.7 Å². The highest BCUT2D eigenvalue weighted by molar-refractivity contribution is 6.36. The Hall–Kier alpha value is -2.99. The van der Waals surface area contributed by atoms with Crippen LogP contribution in [-0.4, -0.2) is 84.9 Å². The first kappa shape index (κ1) is 36.8. The number of likely N-dealkylation sites (tertiary alicyclic amines) is 2. The van der Waals surface area contributed by atoms with Crippen molar-refractivity contribution >= 4 is 57.5 Å². The van der Waals surface area contributed by atoms with E-state index in [1.54, 1.807) is 18.2 Å². The van der Waals surface area contributed by atoms with Crippen LogP contribution in [0.4, 0.5) is 5.69 Å². The van der Waals surface area contributed by atoms with E-state index in [2.05, 4.69) is 15.1 Å². The van der Waals surface area contributed by atoms with Gasteiger partial charge in [0.2, 0.25) is 5.85 Å². The first-order chi connectivity index (χ1) is 24.2. The Morgan fingerprint density at radius 2 is 1.58 bits per heavy atom. The van der Waals surface area contributed by atoms with Gasteiger partial charge in [0.05, 0.1) is 41.0 Å². The second-order valence-electron chi connectivity index (χ2n) is 13.4. The predicted octanol–water partition coefficient (Wildman–Crippen LogP) is 7.49. The number of fused-ring (bicyclic) bond motifs is 1. The molecule has 1 saturated carbocycles. The fourth-order valence-corrected chi connectivity index (χ4v) is 8.17. The fraction of sp³-hybridized carbons (Fsp3) is 0.553. The first-order valence-electron chi connectivity index (χ1n) is 18.0. The van der Waals surface area contributed by atoms with Gasteiger partial charge in [-0.1, -0.05) is 41.4 Å². The number of para-hydroxylation sites is 1. The number of Topliss-reactive ketones (excluding diaryl/α,β-unsaturated/α-hetero) is 1. The van der Waals surface area contributed by atoms with Gasteiger partial charge in [0.1, 0.15) is 11.8 Å². The molecule has 1 N–H and O–H groups in total. The highest BCUT2D eigenvalue weighted by Gasteiger charge is 2.53. The van der Waals surface area contributed by atoms with Crippen molar-refractivity contribution in [3.05, 3.63) is 63.8 Å². The lowest BCUT2D eigenvalue weighted by Crippen LogP contribution is -2.69. The molecule has 1 atom stereocenters. The van der Waals surface area contributed by atoms with E-state index in [4.69, 9.17) is 41.8 Å². The lowest BCUT2D eigenvalue weighted by molar-refractivity contribution is -0.261. The number of benzene rings is 2. The molecule has 0 bridgehead atoms. The van der Waals surface area contributed by atoms with Gasteiger partial charge in [-0.2, -0.15) is 0 Å². The molecule has 1 unspecified atom stereocenters. The largest absolute Gasteiger partial charge is 0.466 e. The van der Waals surface area contributed by atoms with Crippen LogP contribution in [0, 0.1) is 5.92 Å². The number of ether oxygens (including phenoxy) is 3. The lowest BCUT2D eigenvalue weighted by Gasteiger charge is -2.51. The number of hydrogen-bond acceptors (Lipinski definition) is 9. The van der Waals surface area contributed by atoms with Crippen LogP contribution in [0.25, 0.3) is 11.0 Å². The van der Waals surface area contributed by atoms with Crippen LogP contribution >= 0.6 is 23.2 Å². The summed E-state index contributed by atoms with van der Waals surface area (Å²) in [5.74, 6) is -2.11. The van der Waals surface area contributed by atoms with Crippen molar-refractivity contribution in [3.8, 4) is 0 Å². The molecule has 3 fully saturated rings. The zero-order chi connectivity index (χ0) is 35.3. The van der Waals surface area contributed by atoms with Gasteiger partial charge >= 0.3 is 5.97 Å². The second kappa shape index (κ2) is 16.6. The topological polar surface area (TPSA) is 111 Å². The zero-order valence-corrected chi connectivity index (χ0v) is 30.4. The molecule has 1 aliphatic carbocycles. The monoisotopic (exact) mass is 727 g/mol. The van der Waals surface area contributed by atoms with Gasteiger partial charge in [-0.15, -0.1) is 0 Å². The number of carbonyl (C=O) groups is 3. The SMILES string of the molecule is CCOC(=O)[C@H]1CC[C@H](OC(C(=O)Cc2cc(Cl)c(NC(=O)c3coc4ccccc34)cc2Cl)(N2CCCC2)N2CCC(OCC)CC2)CC1. The van der Waals surface area contributed by atoms with E-state index < -0.39 is 5.85 Å². The van der Waals surface area contributed by atoms with Crippen molar-refractivity contribution in [2.24, 2.45) is 5.92 Å². The molecule has 270 valence electrons. The zero-order valence-electron chi connectivity index (χ0n) is 28.9. The number of halogens is 2. The third kappa shape index (κ3) is 7.91. The number of amides is 1. The summed E-state index contributed by atoms with van der Waals surface area (Å²) in [4.78, 5) is 45.1. The van der Waals surface area contributed by atoms with Crippen LogP contribution in [0.3, 0.4) is 0 Å². The van der Waals surface area contributed by atoms with Gasteiger partial charge in [-0.05, 0) is 89.0 Å². The fourth-order valence-electron chi connectivity index (χ4n) is 7.71. The highest BCUT2D eigenvalue weighted by Crippen LogP contribution is 2.39. The minimum absolute atomic E-state index is 0.0147. The second-order valence-corrected chi connectivity index (χ2v) is 14.2. The Balaban J connectivity index is 1.25. The van der Waals surface area contributed by atoms with Crippen molar-refractivity contribution in [2.45, 2.75) is 89.7 Å². The molecule has 3 aliphatic rings. The van der Waals surface area contributed by atoms with Gasteiger partial charge in [-0.3, -0.25) is 24.2 Å². The summed E-state index contributed by atoms with van der Waals surface area (Å²) in [7, 11) is 0. The molecular formula is C38H47Cl2N3O7. The Labute approximate surface area is 303 Å². The molecule has 3 aromatic rings. The summed E-state index contributed by atoms with van der Waals surface area (Å²) in [6.45, 7) is 7.60. The number of hydrogen-bond donors (Lipinski definition) is 1. The number of piperidine rings is 1. The molecule has 0 spiro atoms. The number of carbonyl (C=O) groups excluding carboxylic acids is 3. The number of anilines is 1.